The fourth-order valence-corrected chi connectivity index (χ4v) is 4.53. The van der Waals surface area contributed by atoms with E-state index in [1.165, 1.54) is 41.3 Å². The van der Waals surface area contributed by atoms with Gasteiger partial charge in [-0.05, 0) is 73.9 Å². The molecule has 196 valence electrons. The Kier molecular flexibility index (Phi) is 7.37. The molecule has 3 aromatic carbocycles. The van der Waals surface area contributed by atoms with Crippen LogP contribution in [0.1, 0.15) is 47.8 Å². The van der Waals surface area contributed by atoms with E-state index in [-0.39, 0.29) is 18.1 Å². The van der Waals surface area contributed by atoms with Gasteiger partial charge in [0.2, 0.25) is 5.96 Å². The van der Waals surface area contributed by atoms with Crippen LogP contribution in [-0.4, -0.2) is 39.5 Å². The largest absolute Gasteiger partial charge is 0.478 e. The number of carbonyl (C=O) groups is 3. The molecule has 0 radical (unpaired) electrons. The minimum atomic E-state index is -1.66. The molecule has 0 aromatic heterocycles. The predicted octanol–water partition coefficient (Wildman–Crippen LogP) is 5.45. The number of carboxylic acid groups (broad SMARTS) is 1. The third-order valence-electron chi connectivity index (χ3n) is 5.72. The summed E-state index contributed by atoms with van der Waals surface area (Å²) in [6.07, 6.45) is -0.822. The van der Waals surface area contributed by atoms with E-state index < -0.39 is 34.9 Å². The Hall–Kier alpha value is -4.05. The van der Waals surface area contributed by atoms with E-state index in [0.717, 1.165) is 0 Å². The van der Waals surface area contributed by atoms with Crippen molar-refractivity contribution in [2.45, 2.75) is 38.5 Å². The van der Waals surface area contributed by atoms with Crippen LogP contribution in [0.15, 0.2) is 82.3 Å². The van der Waals surface area contributed by atoms with E-state index >= 15 is 0 Å². The van der Waals surface area contributed by atoms with Gasteiger partial charge in [0.25, 0.3) is 5.91 Å². The van der Waals surface area contributed by atoms with Gasteiger partial charge >= 0.3 is 12.1 Å². The molecule has 0 fully saturated rings. The summed E-state index contributed by atoms with van der Waals surface area (Å²) in [6.45, 7) is 5.01. The maximum absolute atomic E-state index is 14.3. The van der Waals surface area contributed by atoms with Crippen molar-refractivity contribution in [1.82, 2.24) is 10.2 Å². The number of rotatable bonds is 5. The first kappa shape index (κ1) is 27.0. The number of aliphatic imine (C=N–C) groups is 1. The summed E-state index contributed by atoms with van der Waals surface area (Å²) in [5.74, 6) is -2.21. The molecule has 1 aliphatic rings. The number of hydrogen-bond donors (Lipinski definition) is 2. The first-order valence-corrected chi connectivity index (χ1v) is 12.4. The monoisotopic (exact) mass is 581 g/mol. The molecule has 1 aliphatic heterocycles. The second-order valence-corrected chi connectivity index (χ2v) is 10.6. The predicted molar refractivity (Wildman–Crippen MR) is 142 cm³/mol. The summed E-state index contributed by atoms with van der Waals surface area (Å²) in [6, 6.07) is 18.5. The third kappa shape index (κ3) is 5.60. The van der Waals surface area contributed by atoms with Crippen molar-refractivity contribution < 1.29 is 28.6 Å². The van der Waals surface area contributed by atoms with Crippen molar-refractivity contribution in [2.75, 3.05) is 0 Å². The summed E-state index contributed by atoms with van der Waals surface area (Å²) in [7, 11) is 0. The number of benzene rings is 3. The maximum atomic E-state index is 14.3. The second-order valence-electron chi connectivity index (χ2n) is 9.69. The van der Waals surface area contributed by atoms with Gasteiger partial charge in [-0.25, -0.2) is 19.0 Å². The van der Waals surface area contributed by atoms with Crippen LogP contribution in [0, 0.1) is 5.82 Å². The molecule has 8 nitrogen and oxygen atoms in total. The normalized spacial score (nSPS) is 17.2. The van der Waals surface area contributed by atoms with Crippen molar-refractivity contribution in [2.24, 2.45) is 4.99 Å². The van der Waals surface area contributed by atoms with Crippen molar-refractivity contribution in [3.63, 3.8) is 0 Å². The van der Waals surface area contributed by atoms with Gasteiger partial charge in [-0.3, -0.25) is 15.0 Å². The SMILES string of the molecule is CC(C)(C)OC(=O)NC1=N[C@@](c2ccc(F)cc2)(c2cccc(Br)c2)C(=O)N1Cc1cccc(C(=O)O)c1. The van der Waals surface area contributed by atoms with E-state index in [9.17, 15) is 23.9 Å². The average molecular weight is 582 g/mol. The number of alkyl carbamates (subject to hydrolysis) is 1. The molecule has 0 spiro atoms. The van der Waals surface area contributed by atoms with Gasteiger partial charge in [0.05, 0.1) is 12.1 Å². The second kappa shape index (κ2) is 10.4. The number of aromatic carboxylic acids is 1. The molecule has 2 amide bonds. The molecule has 1 atom stereocenters. The zero-order valence-corrected chi connectivity index (χ0v) is 22.5. The summed E-state index contributed by atoms with van der Waals surface area (Å²) in [5, 5.41) is 12.0. The first-order valence-electron chi connectivity index (χ1n) is 11.7. The Morgan fingerprint density at radius 1 is 1.05 bits per heavy atom. The van der Waals surface area contributed by atoms with E-state index in [4.69, 9.17) is 9.73 Å². The highest BCUT2D eigenvalue weighted by Gasteiger charge is 2.51. The van der Waals surface area contributed by atoms with Gasteiger partial charge < -0.3 is 9.84 Å². The van der Waals surface area contributed by atoms with Gasteiger partial charge in [-0.15, -0.1) is 0 Å². The highest BCUT2D eigenvalue weighted by atomic mass is 79.9. The molecule has 0 aliphatic carbocycles. The molecular formula is C28H25BrFN3O5. The summed E-state index contributed by atoms with van der Waals surface area (Å²) < 4.78 is 20.0. The number of carbonyl (C=O) groups excluding carboxylic acids is 2. The summed E-state index contributed by atoms with van der Waals surface area (Å²) >= 11 is 3.44. The lowest BCUT2D eigenvalue weighted by Crippen LogP contribution is -2.47. The number of nitrogens with one attached hydrogen (secondary N) is 1. The Balaban J connectivity index is 1.87. The van der Waals surface area contributed by atoms with Crippen LogP contribution in [0.4, 0.5) is 9.18 Å². The number of carboxylic acids is 1. The Morgan fingerprint density at radius 2 is 1.74 bits per heavy atom. The highest BCUT2D eigenvalue weighted by molar-refractivity contribution is 9.10. The minimum absolute atomic E-state index is 0.0459. The lowest BCUT2D eigenvalue weighted by Gasteiger charge is -2.27. The van der Waals surface area contributed by atoms with Gasteiger partial charge in [-0.2, -0.15) is 0 Å². The molecule has 10 heteroatoms. The van der Waals surface area contributed by atoms with E-state index in [0.29, 0.717) is 21.2 Å². The Morgan fingerprint density at radius 3 is 2.37 bits per heavy atom. The van der Waals surface area contributed by atoms with E-state index in [2.05, 4.69) is 21.2 Å². The van der Waals surface area contributed by atoms with E-state index in [1.54, 1.807) is 57.2 Å². The smallest absolute Gasteiger partial charge is 0.414 e. The van der Waals surface area contributed by atoms with Crippen LogP contribution >= 0.6 is 15.9 Å². The Bertz CT molecular complexity index is 1430. The number of guanidine groups is 1. The molecule has 0 unspecified atom stereocenters. The van der Waals surface area contributed by atoms with Gasteiger partial charge in [0.15, 0.2) is 5.54 Å². The van der Waals surface area contributed by atoms with Crippen LogP contribution in [0.25, 0.3) is 0 Å². The lowest BCUT2D eigenvalue weighted by atomic mass is 9.83. The third-order valence-corrected chi connectivity index (χ3v) is 6.21. The van der Waals surface area contributed by atoms with Crippen LogP contribution in [0.3, 0.4) is 0 Å². The van der Waals surface area contributed by atoms with Crippen molar-refractivity contribution in [1.29, 1.82) is 0 Å². The number of ether oxygens (including phenoxy) is 1. The van der Waals surface area contributed by atoms with Crippen molar-refractivity contribution in [3.8, 4) is 0 Å². The van der Waals surface area contributed by atoms with Gasteiger partial charge in [0.1, 0.15) is 11.4 Å². The van der Waals surface area contributed by atoms with Gasteiger partial charge in [-0.1, -0.05) is 52.3 Å². The van der Waals surface area contributed by atoms with Crippen LogP contribution in [-0.2, 0) is 21.6 Å². The standard InChI is InChI=1S/C28H25BrFN3O5/c1-27(2,3)38-26(37)31-25-32-28(19-10-12-22(30)13-11-19,20-8-5-9-21(29)15-20)24(36)33(25)16-17-6-4-7-18(14-17)23(34)35/h4-15H,16H2,1-3H3,(H,34,35)(H,31,32,37)/t28-/m0/s1. The maximum Gasteiger partial charge on any atom is 0.414 e. The van der Waals surface area contributed by atoms with Crippen LogP contribution < -0.4 is 5.32 Å². The number of halogens is 2. The fourth-order valence-electron chi connectivity index (χ4n) is 4.13. The Labute approximate surface area is 227 Å². The zero-order chi connectivity index (χ0) is 27.7. The summed E-state index contributed by atoms with van der Waals surface area (Å²) in [4.78, 5) is 44.6. The fraction of sp³-hybridized carbons (Fsp3) is 0.214. The topological polar surface area (TPSA) is 108 Å². The molecule has 3 aromatic rings. The van der Waals surface area contributed by atoms with Crippen LogP contribution in [0.5, 0.6) is 0 Å². The minimum Gasteiger partial charge on any atom is -0.478 e. The van der Waals surface area contributed by atoms with Crippen LogP contribution in [0.2, 0.25) is 0 Å². The molecule has 2 N–H and O–H groups in total. The highest BCUT2D eigenvalue weighted by Crippen LogP contribution is 2.41. The first-order chi connectivity index (χ1) is 17.9. The summed E-state index contributed by atoms with van der Waals surface area (Å²) in [5.41, 5.74) is -1.06. The molecular weight excluding hydrogens is 557 g/mol. The molecule has 38 heavy (non-hydrogen) atoms. The quantitative estimate of drug-likeness (QED) is 0.416. The van der Waals surface area contributed by atoms with E-state index in [1.807, 2.05) is 0 Å². The molecule has 1 heterocycles. The number of hydrogen-bond acceptors (Lipinski definition) is 5. The zero-order valence-electron chi connectivity index (χ0n) is 20.9. The number of nitrogens with zero attached hydrogens (tertiary/aromatic N) is 2. The molecule has 4 rings (SSSR count). The molecule has 0 bridgehead atoms. The van der Waals surface area contributed by atoms with Gasteiger partial charge in [0, 0.05) is 4.47 Å². The number of amides is 2. The van der Waals surface area contributed by atoms with Crippen molar-refractivity contribution in [3.05, 3.63) is 105 Å². The molecule has 0 saturated heterocycles. The van der Waals surface area contributed by atoms with Crippen molar-refractivity contribution >= 4 is 39.9 Å². The lowest BCUT2D eigenvalue weighted by molar-refractivity contribution is -0.130. The molecule has 0 saturated carbocycles. The average Bonchev–Trinajstić information content (AvgIpc) is 3.10.